The van der Waals surface area contributed by atoms with Gasteiger partial charge in [0.15, 0.2) is 0 Å². The van der Waals surface area contributed by atoms with Crippen LogP contribution >= 0.6 is 0 Å². The first-order valence-electron chi connectivity index (χ1n) is 8.16. The van der Waals surface area contributed by atoms with E-state index in [1.54, 1.807) is 0 Å². The smallest absolute Gasteiger partial charge is 0.237 e. The zero-order valence-corrected chi connectivity index (χ0v) is 13.5. The molecule has 118 valence electrons. The van der Waals surface area contributed by atoms with Crippen LogP contribution in [-0.2, 0) is 4.79 Å². The van der Waals surface area contributed by atoms with Crippen LogP contribution in [0.1, 0.15) is 66.2 Å². The van der Waals surface area contributed by atoms with E-state index in [1.807, 2.05) is 13.8 Å². The molecule has 0 aromatic carbocycles. The molecule has 1 rings (SSSR count). The minimum atomic E-state index is -0.628. The zero-order chi connectivity index (χ0) is 15.2. The molecule has 0 radical (unpaired) electrons. The molecule has 1 aliphatic carbocycles. The topological polar surface area (TPSA) is 61.4 Å². The van der Waals surface area contributed by atoms with E-state index in [1.165, 1.54) is 6.42 Å². The van der Waals surface area contributed by atoms with Crippen molar-refractivity contribution in [3.05, 3.63) is 0 Å². The van der Waals surface area contributed by atoms with Crippen LogP contribution < -0.4 is 10.6 Å². The highest BCUT2D eigenvalue weighted by Gasteiger charge is 2.33. The number of hydrogen-bond donors (Lipinski definition) is 3. The van der Waals surface area contributed by atoms with Crippen LogP contribution in [0.3, 0.4) is 0 Å². The Balaban J connectivity index is 2.33. The summed E-state index contributed by atoms with van der Waals surface area (Å²) in [6.45, 7) is 8.65. The third-order valence-electron chi connectivity index (χ3n) is 4.74. The lowest BCUT2D eigenvalue weighted by Gasteiger charge is -2.36. The largest absolute Gasteiger partial charge is 0.389 e. The van der Waals surface area contributed by atoms with Crippen molar-refractivity contribution in [1.29, 1.82) is 0 Å². The van der Waals surface area contributed by atoms with Crippen molar-refractivity contribution in [2.45, 2.75) is 83.9 Å². The third kappa shape index (κ3) is 5.41. The fraction of sp³-hybridized carbons (Fsp3) is 0.938. The van der Waals surface area contributed by atoms with Crippen molar-refractivity contribution < 1.29 is 9.90 Å². The Labute approximate surface area is 123 Å². The highest BCUT2D eigenvalue weighted by molar-refractivity contribution is 5.81. The minimum absolute atomic E-state index is 0.0187. The highest BCUT2D eigenvalue weighted by atomic mass is 16.3. The van der Waals surface area contributed by atoms with E-state index in [9.17, 15) is 9.90 Å². The molecular weight excluding hydrogens is 252 g/mol. The number of nitrogens with one attached hydrogen (secondary N) is 2. The van der Waals surface area contributed by atoms with Crippen LogP contribution in [0.15, 0.2) is 0 Å². The van der Waals surface area contributed by atoms with Crippen LogP contribution in [0, 0.1) is 5.92 Å². The number of hydrogen-bond acceptors (Lipinski definition) is 3. The fourth-order valence-corrected chi connectivity index (χ4v) is 2.71. The van der Waals surface area contributed by atoms with Gasteiger partial charge in [0.05, 0.1) is 11.6 Å². The molecule has 0 saturated heterocycles. The average molecular weight is 284 g/mol. The fourth-order valence-electron chi connectivity index (χ4n) is 2.71. The van der Waals surface area contributed by atoms with E-state index in [4.69, 9.17) is 0 Å². The maximum atomic E-state index is 11.9. The maximum absolute atomic E-state index is 11.9. The zero-order valence-electron chi connectivity index (χ0n) is 13.5. The SMILES string of the molecule is CCC1CCC(O)(CNC(C)C(=O)NC(C)CC)CC1. The summed E-state index contributed by atoms with van der Waals surface area (Å²) >= 11 is 0. The molecule has 2 atom stereocenters. The van der Waals surface area contributed by atoms with Gasteiger partial charge in [0.25, 0.3) is 0 Å². The Kier molecular flexibility index (Phi) is 6.96. The summed E-state index contributed by atoms with van der Waals surface area (Å²) in [5.41, 5.74) is -0.628. The van der Waals surface area contributed by atoms with Gasteiger partial charge in [-0.25, -0.2) is 0 Å². The molecule has 4 nitrogen and oxygen atoms in total. The van der Waals surface area contributed by atoms with Gasteiger partial charge in [-0.2, -0.15) is 0 Å². The lowest BCUT2D eigenvalue weighted by Crippen LogP contribution is -2.51. The number of carbonyl (C=O) groups is 1. The number of aliphatic hydroxyl groups is 1. The van der Waals surface area contributed by atoms with Gasteiger partial charge in [-0.3, -0.25) is 4.79 Å². The molecule has 0 spiro atoms. The van der Waals surface area contributed by atoms with Crippen molar-refractivity contribution in [2.75, 3.05) is 6.54 Å². The van der Waals surface area contributed by atoms with Gasteiger partial charge in [-0.15, -0.1) is 0 Å². The second-order valence-electron chi connectivity index (χ2n) is 6.50. The van der Waals surface area contributed by atoms with Crippen LogP contribution in [-0.4, -0.2) is 35.2 Å². The first-order chi connectivity index (χ1) is 9.40. The molecule has 0 bridgehead atoms. The molecule has 1 fully saturated rings. The van der Waals surface area contributed by atoms with E-state index >= 15 is 0 Å². The Morgan fingerprint density at radius 3 is 2.40 bits per heavy atom. The number of rotatable bonds is 7. The second kappa shape index (κ2) is 7.99. The van der Waals surface area contributed by atoms with Gasteiger partial charge in [0.1, 0.15) is 0 Å². The van der Waals surface area contributed by atoms with E-state index in [0.29, 0.717) is 6.54 Å². The van der Waals surface area contributed by atoms with Crippen molar-refractivity contribution in [3.63, 3.8) is 0 Å². The molecule has 4 heteroatoms. The molecule has 1 aliphatic rings. The first kappa shape index (κ1) is 17.4. The quantitative estimate of drug-likeness (QED) is 0.672. The Bertz CT molecular complexity index is 299. The summed E-state index contributed by atoms with van der Waals surface area (Å²) < 4.78 is 0. The third-order valence-corrected chi connectivity index (χ3v) is 4.74. The van der Waals surface area contributed by atoms with Gasteiger partial charge >= 0.3 is 0 Å². The van der Waals surface area contributed by atoms with Crippen molar-refractivity contribution in [1.82, 2.24) is 10.6 Å². The summed E-state index contributed by atoms with van der Waals surface area (Å²) in [4.78, 5) is 11.9. The van der Waals surface area contributed by atoms with Crippen molar-refractivity contribution >= 4 is 5.91 Å². The van der Waals surface area contributed by atoms with Crippen molar-refractivity contribution in [2.24, 2.45) is 5.92 Å². The Morgan fingerprint density at radius 2 is 1.90 bits per heavy atom. The summed E-state index contributed by atoms with van der Waals surface area (Å²) in [5.74, 6) is 0.784. The van der Waals surface area contributed by atoms with Crippen LogP contribution in [0.25, 0.3) is 0 Å². The van der Waals surface area contributed by atoms with Crippen molar-refractivity contribution in [3.8, 4) is 0 Å². The maximum Gasteiger partial charge on any atom is 0.237 e. The monoisotopic (exact) mass is 284 g/mol. The van der Waals surface area contributed by atoms with E-state index in [0.717, 1.165) is 38.0 Å². The molecule has 0 aromatic rings. The van der Waals surface area contributed by atoms with Gasteiger partial charge in [0, 0.05) is 12.6 Å². The number of amides is 1. The van der Waals surface area contributed by atoms with E-state index in [2.05, 4.69) is 24.5 Å². The second-order valence-corrected chi connectivity index (χ2v) is 6.50. The van der Waals surface area contributed by atoms with Gasteiger partial charge in [-0.05, 0) is 51.9 Å². The van der Waals surface area contributed by atoms with E-state index < -0.39 is 5.60 Å². The van der Waals surface area contributed by atoms with Crippen LogP contribution in [0.5, 0.6) is 0 Å². The Hall–Kier alpha value is -0.610. The molecule has 1 saturated carbocycles. The Morgan fingerprint density at radius 1 is 1.30 bits per heavy atom. The summed E-state index contributed by atoms with van der Waals surface area (Å²) in [5, 5.41) is 16.7. The molecule has 0 aliphatic heterocycles. The molecule has 1 amide bonds. The lowest BCUT2D eigenvalue weighted by molar-refractivity contribution is -0.123. The lowest BCUT2D eigenvalue weighted by atomic mass is 9.78. The average Bonchev–Trinajstić information content (AvgIpc) is 2.45. The number of carbonyl (C=O) groups excluding carboxylic acids is 1. The summed E-state index contributed by atoms with van der Waals surface area (Å²) in [6, 6.07) is -0.0493. The first-order valence-corrected chi connectivity index (χ1v) is 8.16. The minimum Gasteiger partial charge on any atom is -0.389 e. The van der Waals surface area contributed by atoms with Gasteiger partial charge < -0.3 is 15.7 Å². The highest BCUT2D eigenvalue weighted by Crippen LogP contribution is 2.33. The molecule has 2 unspecified atom stereocenters. The standard InChI is InChI=1S/C16H32N2O2/c1-5-12(3)18-15(19)13(4)17-11-16(20)9-7-14(6-2)8-10-16/h12-14,17,20H,5-11H2,1-4H3,(H,18,19). The van der Waals surface area contributed by atoms with E-state index in [-0.39, 0.29) is 18.0 Å². The normalized spacial score (nSPS) is 29.8. The predicted molar refractivity (Wildman–Crippen MR) is 82.6 cm³/mol. The molecule has 0 aromatic heterocycles. The van der Waals surface area contributed by atoms with Gasteiger partial charge in [-0.1, -0.05) is 20.3 Å². The van der Waals surface area contributed by atoms with Gasteiger partial charge in [0.2, 0.25) is 5.91 Å². The predicted octanol–water partition coefficient (Wildman–Crippen LogP) is 2.21. The molecule has 3 N–H and O–H groups in total. The molecule has 20 heavy (non-hydrogen) atoms. The van der Waals surface area contributed by atoms with Crippen LogP contribution in [0.4, 0.5) is 0 Å². The summed E-state index contributed by atoms with van der Waals surface area (Å²) in [6.07, 6.45) is 6.03. The summed E-state index contributed by atoms with van der Waals surface area (Å²) in [7, 11) is 0. The molecule has 0 heterocycles. The van der Waals surface area contributed by atoms with Crippen LogP contribution in [0.2, 0.25) is 0 Å². The molecular formula is C16H32N2O2.